The Morgan fingerprint density at radius 3 is 1.76 bits per heavy atom. The topological polar surface area (TPSA) is 29.5 Å². The monoisotopic (exact) mass is 469 g/mol. The molecule has 0 radical (unpaired) electrons. The number of ketones is 1. The minimum absolute atomic E-state index is 0.0715. The molecule has 0 aliphatic heterocycles. The number of aryl methyl sites for hydroxylation is 1. The van der Waals surface area contributed by atoms with Crippen molar-refractivity contribution in [3.05, 3.63) is 102 Å². The van der Waals surface area contributed by atoms with Gasteiger partial charge < -0.3 is 0 Å². The summed E-state index contributed by atoms with van der Waals surface area (Å²) in [6, 6.07) is 29.3. The van der Waals surface area contributed by atoms with Crippen molar-refractivity contribution >= 4 is 28.7 Å². The fourth-order valence-electron chi connectivity index (χ4n) is 5.86. The SMILES string of the molecule is Cc1ccc(SC2C(ON(C)C)C3(C)C(=O)C2(C)C(c2ccccc2)=C3c2ccccc2)cc1. The van der Waals surface area contributed by atoms with E-state index in [1.54, 1.807) is 16.8 Å². The van der Waals surface area contributed by atoms with Gasteiger partial charge in [-0.15, -0.1) is 11.8 Å². The van der Waals surface area contributed by atoms with Crippen LogP contribution in [0.25, 0.3) is 11.1 Å². The number of carbonyl (C=O) groups is 1. The molecule has 4 atom stereocenters. The van der Waals surface area contributed by atoms with Crippen LogP contribution >= 0.6 is 11.8 Å². The lowest BCUT2D eigenvalue weighted by Gasteiger charge is -2.42. The van der Waals surface area contributed by atoms with Crippen molar-refractivity contribution in [2.75, 3.05) is 14.1 Å². The van der Waals surface area contributed by atoms with E-state index >= 15 is 0 Å². The summed E-state index contributed by atoms with van der Waals surface area (Å²) in [5.74, 6) is 0.245. The van der Waals surface area contributed by atoms with Crippen LogP contribution in [0.15, 0.2) is 89.8 Å². The number of Topliss-reactive ketones (excluding diaryl/α,β-unsaturated/α-hetero) is 1. The Balaban J connectivity index is 1.77. The molecule has 174 valence electrons. The Kier molecular flexibility index (Phi) is 5.79. The van der Waals surface area contributed by atoms with E-state index < -0.39 is 10.8 Å². The van der Waals surface area contributed by atoms with Gasteiger partial charge in [-0.3, -0.25) is 9.63 Å². The maximum Gasteiger partial charge on any atom is 0.157 e. The van der Waals surface area contributed by atoms with Crippen LogP contribution in [0.3, 0.4) is 0 Å². The highest BCUT2D eigenvalue weighted by Gasteiger charge is 2.73. The van der Waals surface area contributed by atoms with Gasteiger partial charge in [0.05, 0.1) is 16.1 Å². The van der Waals surface area contributed by atoms with Crippen molar-refractivity contribution < 1.29 is 9.63 Å². The van der Waals surface area contributed by atoms with Gasteiger partial charge in [0, 0.05) is 19.0 Å². The lowest BCUT2D eigenvalue weighted by atomic mass is 9.71. The van der Waals surface area contributed by atoms with E-state index in [2.05, 4.69) is 81.4 Å². The molecular formula is C30H31NO2S. The summed E-state index contributed by atoms with van der Waals surface area (Å²) >= 11 is 1.76. The predicted molar refractivity (Wildman–Crippen MR) is 140 cm³/mol. The van der Waals surface area contributed by atoms with Crippen molar-refractivity contribution in [2.45, 2.75) is 37.0 Å². The summed E-state index contributed by atoms with van der Waals surface area (Å²) in [5, 5.41) is 1.68. The molecule has 34 heavy (non-hydrogen) atoms. The maximum atomic E-state index is 14.5. The maximum absolute atomic E-state index is 14.5. The quantitative estimate of drug-likeness (QED) is 0.384. The smallest absolute Gasteiger partial charge is 0.157 e. The second-order valence-corrected chi connectivity index (χ2v) is 11.1. The number of allylic oxidation sites excluding steroid dienone is 1. The molecule has 2 aliphatic carbocycles. The molecule has 0 heterocycles. The Hall–Kier alpha value is -2.66. The zero-order chi connectivity index (χ0) is 24.1. The number of nitrogens with zero attached hydrogens (tertiary/aromatic N) is 1. The van der Waals surface area contributed by atoms with E-state index in [0.29, 0.717) is 0 Å². The molecule has 0 aromatic heterocycles. The van der Waals surface area contributed by atoms with Gasteiger partial charge in [0.15, 0.2) is 5.78 Å². The highest BCUT2D eigenvalue weighted by atomic mass is 32.2. The largest absolute Gasteiger partial charge is 0.298 e. The first kappa shape index (κ1) is 23.1. The fourth-order valence-corrected chi connectivity index (χ4v) is 7.36. The van der Waals surface area contributed by atoms with Gasteiger partial charge in [-0.05, 0) is 55.2 Å². The van der Waals surface area contributed by atoms with E-state index in [-0.39, 0.29) is 17.1 Å². The zero-order valence-corrected chi connectivity index (χ0v) is 21.2. The van der Waals surface area contributed by atoms with Crippen LogP contribution in [0.2, 0.25) is 0 Å². The highest BCUT2D eigenvalue weighted by Crippen LogP contribution is 2.70. The lowest BCUT2D eigenvalue weighted by molar-refractivity contribution is -0.182. The van der Waals surface area contributed by atoms with Gasteiger partial charge in [-0.2, -0.15) is 5.06 Å². The third-order valence-electron chi connectivity index (χ3n) is 7.38. The molecular weight excluding hydrogens is 438 g/mol. The molecule has 4 unspecified atom stereocenters. The summed E-state index contributed by atoms with van der Waals surface area (Å²) in [4.78, 5) is 22.1. The van der Waals surface area contributed by atoms with Crippen molar-refractivity contribution in [2.24, 2.45) is 10.8 Å². The Morgan fingerprint density at radius 1 is 0.765 bits per heavy atom. The van der Waals surface area contributed by atoms with Gasteiger partial charge >= 0.3 is 0 Å². The number of hydrogen-bond acceptors (Lipinski definition) is 4. The molecule has 0 saturated heterocycles. The fraction of sp³-hybridized carbons (Fsp3) is 0.300. The van der Waals surface area contributed by atoms with Crippen LogP contribution in [0.4, 0.5) is 0 Å². The molecule has 0 spiro atoms. The summed E-state index contributed by atoms with van der Waals surface area (Å²) in [7, 11) is 3.81. The van der Waals surface area contributed by atoms with Crippen LogP contribution in [0.5, 0.6) is 0 Å². The van der Waals surface area contributed by atoms with Gasteiger partial charge in [-0.1, -0.05) is 78.4 Å². The number of rotatable bonds is 6. The average molecular weight is 470 g/mol. The number of thioether (sulfide) groups is 1. The first-order chi connectivity index (χ1) is 16.3. The van der Waals surface area contributed by atoms with Crippen molar-refractivity contribution in [1.82, 2.24) is 5.06 Å². The van der Waals surface area contributed by atoms with E-state index in [4.69, 9.17) is 4.84 Å². The van der Waals surface area contributed by atoms with Gasteiger partial charge in [-0.25, -0.2) is 0 Å². The number of hydroxylamine groups is 2. The molecule has 5 rings (SSSR count). The standard InChI is InChI=1S/C30H31NO2S/c1-20-16-18-23(19-17-20)34-27-26(33-31(4)5)29(2)24(21-12-8-6-9-13-21)25(30(27,3)28(29)32)22-14-10-7-11-15-22/h6-19,26-27H,1-5H3. The Bertz CT molecular complexity index is 1240. The normalized spacial score (nSPS) is 28.2. The second-order valence-electron chi connectivity index (χ2n) is 9.91. The van der Waals surface area contributed by atoms with Crippen molar-refractivity contribution in [3.63, 3.8) is 0 Å². The molecule has 1 saturated carbocycles. The molecule has 3 aromatic carbocycles. The van der Waals surface area contributed by atoms with Crippen molar-refractivity contribution in [3.8, 4) is 0 Å². The van der Waals surface area contributed by atoms with Crippen molar-refractivity contribution in [1.29, 1.82) is 0 Å². The van der Waals surface area contributed by atoms with Crippen LogP contribution in [-0.2, 0) is 9.63 Å². The lowest BCUT2D eigenvalue weighted by Crippen LogP contribution is -2.44. The first-order valence-corrected chi connectivity index (χ1v) is 12.6. The highest BCUT2D eigenvalue weighted by molar-refractivity contribution is 8.00. The second kappa shape index (κ2) is 8.53. The van der Waals surface area contributed by atoms with Crippen LogP contribution < -0.4 is 0 Å². The molecule has 0 amide bonds. The van der Waals surface area contributed by atoms with Gasteiger partial charge in [0.1, 0.15) is 6.10 Å². The summed E-state index contributed by atoms with van der Waals surface area (Å²) in [6.45, 7) is 6.32. The summed E-state index contributed by atoms with van der Waals surface area (Å²) in [5.41, 5.74) is 4.19. The molecule has 2 aliphatic rings. The number of benzene rings is 3. The van der Waals surface area contributed by atoms with Gasteiger partial charge in [0.25, 0.3) is 0 Å². The van der Waals surface area contributed by atoms with E-state index in [9.17, 15) is 4.79 Å². The average Bonchev–Trinajstić information content (AvgIpc) is 3.11. The minimum atomic E-state index is -0.770. The molecule has 0 N–H and O–H groups in total. The van der Waals surface area contributed by atoms with E-state index in [0.717, 1.165) is 27.2 Å². The van der Waals surface area contributed by atoms with Crippen LogP contribution in [-0.4, -0.2) is 36.3 Å². The predicted octanol–water partition coefficient (Wildman–Crippen LogP) is 6.54. The van der Waals surface area contributed by atoms with Crippen LogP contribution in [0, 0.1) is 17.8 Å². The molecule has 3 aromatic rings. The van der Waals surface area contributed by atoms with E-state index in [1.165, 1.54) is 5.56 Å². The number of hydrogen-bond donors (Lipinski definition) is 0. The third kappa shape index (κ3) is 3.39. The number of fused-ring (bicyclic) bond motifs is 2. The zero-order valence-electron chi connectivity index (χ0n) is 20.4. The Labute approximate surface area is 206 Å². The Morgan fingerprint density at radius 2 is 1.26 bits per heavy atom. The molecule has 4 heteroatoms. The molecule has 3 nitrogen and oxygen atoms in total. The summed E-state index contributed by atoms with van der Waals surface area (Å²) in [6.07, 6.45) is -0.297. The molecule has 2 bridgehead atoms. The van der Waals surface area contributed by atoms with Crippen LogP contribution in [0.1, 0.15) is 30.5 Å². The van der Waals surface area contributed by atoms with Gasteiger partial charge in [0.2, 0.25) is 0 Å². The van der Waals surface area contributed by atoms with E-state index in [1.807, 2.05) is 38.4 Å². The molecule has 1 fully saturated rings. The summed E-state index contributed by atoms with van der Waals surface area (Å²) < 4.78 is 0. The number of carbonyl (C=O) groups excluding carboxylic acids is 1. The third-order valence-corrected chi connectivity index (χ3v) is 8.90. The minimum Gasteiger partial charge on any atom is -0.298 e. The first-order valence-electron chi connectivity index (χ1n) is 11.8.